The van der Waals surface area contributed by atoms with E-state index in [2.05, 4.69) is 5.32 Å². The van der Waals surface area contributed by atoms with Crippen LogP contribution in [0.2, 0.25) is 5.02 Å². The first-order valence-corrected chi connectivity index (χ1v) is 38.4. The molecular formula is C74H112ClN5O29S. The number of hydrogen-bond acceptors (Lipinski definition) is 30. The second-order valence-electron chi connectivity index (χ2n) is 26.0. The van der Waals surface area contributed by atoms with E-state index in [0.29, 0.717) is 155 Å². The molecule has 0 radical (unpaired) electrons. The van der Waals surface area contributed by atoms with E-state index >= 15 is 0 Å². The Morgan fingerprint density at radius 1 is 0.664 bits per heavy atom. The van der Waals surface area contributed by atoms with Gasteiger partial charge in [0.25, 0.3) is 11.8 Å². The number of carbonyl (C=O) groups excluding carboxylic acids is 11. The number of methoxy groups -OCH3 is 2. The monoisotopic (exact) mass is 1600 g/mol. The van der Waals surface area contributed by atoms with E-state index < -0.39 is 107 Å². The van der Waals surface area contributed by atoms with Gasteiger partial charge in [0, 0.05) is 91.4 Å². The zero-order chi connectivity index (χ0) is 80.2. The number of rotatable bonds is 53. The largest absolute Gasteiger partial charge is 0.495 e. The van der Waals surface area contributed by atoms with E-state index in [-0.39, 0.29) is 107 Å². The molecule has 0 aromatic heterocycles. The summed E-state index contributed by atoms with van der Waals surface area (Å²) in [5.74, 6) is -6.17. The molecule has 1 aromatic carbocycles. The number of halogens is 1. The highest BCUT2D eigenvalue weighted by Gasteiger charge is 2.63. The van der Waals surface area contributed by atoms with Crippen molar-refractivity contribution in [2.24, 2.45) is 5.92 Å². The van der Waals surface area contributed by atoms with Crippen LogP contribution < -0.4 is 15.0 Å². The fraction of sp³-hybridized carbons (Fsp3) is 0.716. The van der Waals surface area contributed by atoms with Crippen molar-refractivity contribution >= 4 is 94.1 Å². The van der Waals surface area contributed by atoms with Crippen LogP contribution in [-0.4, -0.2) is 327 Å². The molecule has 4 aliphatic rings. The molecule has 2 bridgehead atoms. The van der Waals surface area contributed by atoms with Crippen molar-refractivity contribution in [2.45, 2.75) is 134 Å². The lowest BCUT2D eigenvalue weighted by Gasteiger charge is -2.30. The summed E-state index contributed by atoms with van der Waals surface area (Å²) in [6.45, 7) is 16.7. The highest BCUT2D eigenvalue weighted by atomic mass is 35.5. The van der Waals surface area contributed by atoms with Crippen molar-refractivity contribution in [3.05, 3.63) is 46.5 Å². The molecule has 5 rings (SSSR count). The fourth-order valence-electron chi connectivity index (χ4n) is 11.3. The molecular weight excluding hydrogens is 1490 g/mol. The van der Waals surface area contributed by atoms with Crippen molar-refractivity contribution in [2.75, 3.05) is 211 Å². The Bertz CT molecular complexity index is 3130. The van der Waals surface area contributed by atoms with E-state index in [1.54, 1.807) is 38.1 Å². The Morgan fingerprint density at radius 3 is 1.65 bits per heavy atom. The lowest BCUT2D eigenvalue weighted by molar-refractivity contribution is -0.198. The van der Waals surface area contributed by atoms with Crippen LogP contribution in [0.1, 0.15) is 91.5 Å². The number of benzene rings is 1. The minimum Gasteiger partial charge on any atom is -0.495 e. The number of hydrogen-bond donors (Lipinski definition) is 1. The number of nitrogens with one attached hydrogen (secondary N) is 1. The third-order valence-electron chi connectivity index (χ3n) is 17.7. The topological polar surface area (TPSA) is 382 Å². The first-order valence-electron chi connectivity index (χ1n) is 37.0. The van der Waals surface area contributed by atoms with Crippen molar-refractivity contribution in [3.8, 4) is 5.75 Å². The third-order valence-corrected chi connectivity index (χ3v) is 19.3. The number of epoxide rings is 1. The number of amides is 7. The van der Waals surface area contributed by atoms with Crippen LogP contribution in [0.5, 0.6) is 5.75 Å². The standard InChI is InChI=1S/C74H112ClN5O29S/c1-51-11-10-12-58(92-8)57(82)48-59(106-54(4)81)52(2)71-74(5,108-71)62(50-67(87)78(7)56-46-55(45-51)47-60(93-9)70(56)75)107-73(91)53(3)77(6)64(84)17-44-110-61-49-68(88)79(72(61)90)19-15-63(83)76-18-21-95-23-25-97-27-29-99-31-33-101-35-37-103-39-41-105-43-42-104-40-38-102-36-34-100-32-30-98-28-26-96-24-22-94-20-16-69(89)109-80-65(85)13-14-66(80)86/h10-12,46-47,52-53,58-59,61-62,71H,13-45,48-50H2,1-9H3,(H,76,83)/b12-10+,51-11+/t52-,53-,58-,59+,61?,62+,71+,74+/m1/s1. The van der Waals surface area contributed by atoms with E-state index in [1.165, 1.54) is 52.0 Å². The molecule has 4 aliphatic heterocycles. The first-order chi connectivity index (χ1) is 52.9. The van der Waals surface area contributed by atoms with Gasteiger partial charge in [0.2, 0.25) is 29.5 Å². The van der Waals surface area contributed by atoms with Crippen molar-refractivity contribution in [3.63, 3.8) is 0 Å². The predicted octanol–water partition coefficient (Wildman–Crippen LogP) is 3.17. The number of nitrogens with zero attached hydrogens (tertiary/aromatic N) is 4. The zero-order valence-electron chi connectivity index (χ0n) is 64.8. The Balaban J connectivity index is 0.829. The number of fused-ring (bicyclic) bond motifs is 3. The van der Waals surface area contributed by atoms with Gasteiger partial charge >= 0.3 is 17.9 Å². The minimum absolute atomic E-state index is 0.0391. The van der Waals surface area contributed by atoms with Crippen LogP contribution in [0.4, 0.5) is 5.69 Å². The molecule has 0 saturated carbocycles. The number of likely N-dealkylation sites (tertiary alicyclic amines) is 1. The van der Waals surface area contributed by atoms with Gasteiger partial charge < -0.3 is 100 Å². The summed E-state index contributed by atoms with van der Waals surface area (Å²) in [6.07, 6.45) is 0.434. The maximum atomic E-state index is 14.4. The van der Waals surface area contributed by atoms with Crippen LogP contribution in [0, 0.1) is 5.92 Å². The lowest BCUT2D eigenvalue weighted by Crippen LogP contribution is -2.47. The van der Waals surface area contributed by atoms with Gasteiger partial charge in [0.15, 0.2) is 5.78 Å². The van der Waals surface area contributed by atoms with E-state index in [0.717, 1.165) is 27.8 Å². The number of hydroxylamine groups is 2. The van der Waals surface area contributed by atoms with Gasteiger partial charge in [0.05, 0.1) is 196 Å². The molecule has 1 N–H and O–H groups in total. The molecule has 3 fully saturated rings. The summed E-state index contributed by atoms with van der Waals surface area (Å²) in [4.78, 5) is 150. The SMILES string of the molecule is COc1cc2cc(c1Cl)N(C)C(=O)C[C@H](OC(=O)[C@@H](C)N(C)C(=O)CCSC1CC(=O)N(CCC(=O)NCCOCCOCCOCCOCCOCCOCCOCCOCCOCCOCCOCCOCCC(=O)ON3C(=O)CCC3=O)C1=O)[C@]1(C)O[C@H]1[C@H](C)[C@@H](OC(C)=O)CC(=O)[C@H](OC)/C=C/C=C(\C)C2. The molecule has 4 heterocycles. The molecule has 36 heteroatoms. The Kier molecular flexibility index (Phi) is 44.9. The van der Waals surface area contributed by atoms with Gasteiger partial charge in [-0.1, -0.05) is 36.2 Å². The quantitative estimate of drug-likeness (QED) is 0.0423. The second kappa shape index (κ2) is 52.6. The smallest absolute Gasteiger partial charge is 0.335 e. The lowest BCUT2D eigenvalue weighted by atomic mass is 9.86. The normalized spacial score (nSPS) is 21.5. The molecule has 1 unspecified atom stereocenters. The number of Topliss-reactive ketones (excluding diaryl/α,β-unsaturated/α-hetero) is 1. The van der Waals surface area contributed by atoms with Crippen LogP contribution in [0.25, 0.3) is 0 Å². The molecule has 7 amide bonds. The number of ketones is 1. The number of likely N-dealkylation sites (N-methyl/N-ethyl adjacent to an activating group) is 1. The summed E-state index contributed by atoms with van der Waals surface area (Å²) in [7, 11) is 5.80. The molecule has 110 heavy (non-hydrogen) atoms. The number of ether oxygens (including phenoxy) is 17. The van der Waals surface area contributed by atoms with Crippen LogP contribution in [-0.2, 0) is 140 Å². The molecule has 620 valence electrons. The summed E-state index contributed by atoms with van der Waals surface area (Å²) < 4.78 is 95.1. The molecule has 8 atom stereocenters. The molecule has 1 aromatic rings. The Hall–Kier alpha value is -6.65. The van der Waals surface area contributed by atoms with Crippen LogP contribution >= 0.6 is 23.4 Å². The van der Waals surface area contributed by atoms with Gasteiger partial charge in [0.1, 0.15) is 40.7 Å². The number of anilines is 1. The molecule has 3 saturated heterocycles. The maximum Gasteiger partial charge on any atom is 0.335 e. The van der Waals surface area contributed by atoms with E-state index in [4.69, 9.17) is 97.0 Å². The highest BCUT2D eigenvalue weighted by Crippen LogP contribution is 2.48. The summed E-state index contributed by atoms with van der Waals surface area (Å²) in [5, 5.41) is 2.60. The first kappa shape index (κ1) is 93.9. The van der Waals surface area contributed by atoms with E-state index in [1.807, 2.05) is 13.0 Å². The fourth-order valence-corrected chi connectivity index (χ4v) is 12.7. The zero-order valence-corrected chi connectivity index (χ0v) is 66.4. The molecule has 0 aliphatic carbocycles. The Labute approximate surface area is 652 Å². The summed E-state index contributed by atoms with van der Waals surface area (Å²) in [5.41, 5.74) is 0.604. The number of esters is 2. The summed E-state index contributed by atoms with van der Waals surface area (Å²) >= 11 is 7.94. The van der Waals surface area contributed by atoms with Gasteiger partial charge in [-0.15, -0.1) is 16.8 Å². The number of allylic oxidation sites excluding steroid dienone is 3. The molecule has 0 spiro atoms. The van der Waals surface area contributed by atoms with Gasteiger partial charge in [-0.2, -0.15) is 0 Å². The second-order valence-corrected chi connectivity index (χ2v) is 27.7. The maximum absolute atomic E-state index is 14.4. The number of carbonyl (C=O) groups is 11. The van der Waals surface area contributed by atoms with Crippen LogP contribution in [0.15, 0.2) is 35.9 Å². The highest BCUT2D eigenvalue weighted by molar-refractivity contribution is 8.00. The third kappa shape index (κ3) is 34.4. The van der Waals surface area contributed by atoms with Crippen molar-refractivity contribution < 1.29 is 138 Å². The van der Waals surface area contributed by atoms with Crippen LogP contribution in [0.3, 0.4) is 0 Å². The average molecular weight is 1600 g/mol. The van der Waals surface area contributed by atoms with Crippen molar-refractivity contribution in [1.82, 2.24) is 20.2 Å². The van der Waals surface area contributed by atoms with Gasteiger partial charge in [-0.3, -0.25) is 48.1 Å². The van der Waals surface area contributed by atoms with Gasteiger partial charge in [-0.25, -0.2) is 9.59 Å². The predicted molar refractivity (Wildman–Crippen MR) is 395 cm³/mol. The van der Waals surface area contributed by atoms with E-state index in [9.17, 15) is 52.7 Å². The molecule has 34 nitrogen and oxygen atoms in total. The minimum atomic E-state index is -1.36. The number of imide groups is 2. The number of thioether (sulfide) groups is 1. The van der Waals surface area contributed by atoms with Crippen molar-refractivity contribution in [1.29, 1.82) is 0 Å². The van der Waals surface area contributed by atoms with Gasteiger partial charge in [-0.05, 0) is 51.0 Å². The average Bonchev–Trinajstić information content (AvgIpc) is 1.57. The Morgan fingerprint density at radius 2 is 1.16 bits per heavy atom. The summed E-state index contributed by atoms with van der Waals surface area (Å²) in [6, 6.07) is 2.32.